The second-order valence-corrected chi connectivity index (χ2v) is 6.90. The van der Waals surface area contributed by atoms with Crippen molar-refractivity contribution in [2.45, 2.75) is 19.3 Å². The van der Waals surface area contributed by atoms with Gasteiger partial charge in [-0.1, -0.05) is 17.7 Å². The van der Waals surface area contributed by atoms with E-state index in [1.54, 1.807) is 11.0 Å². The number of piperidine rings is 1. The first-order chi connectivity index (χ1) is 12.4. The zero-order valence-corrected chi connectivity index (χ0v) is 15.2. The molecule has 6 nitrogen and oxygen atoms in total. The average Bonchev–Trinajstić information content (AvgIpc) is 2.62. The number of carbonyl (C=O) groups is 1. The van der Waals surface area contributed by atoms with Gasteiger partial charge in [-0.25, -0.2) is 13.9 Å². The topological polar surface area (TPSA) is 67.2 Å². The summed E-state index contributed by atoms with van der Waals surface area (Å²) in [7, 11) is 1.53. The lowest BCUT2D eigenvalue weighted by molar-refractivity contribution is 0.182. The van der Waals surface area contributed by atoms with E-state index in [-0.39, 0.29) is 16.6 Å². The molecule has 8 heteroatoms. The van der Waals surface area contributed by atoms with Crippen LogP contribution in [0.1, 0.15) is 18.4 Å². The van der Waals surface area contributed by atoms with Gasteiger partial charge in [-0.05, 0) is 48.9 Å². The van der Waals surface area contributed by atoms with Crippen molar-refractivity contribution in [3.8, 4) is 0 Å². The number of hydrogen-bond acceptors (Lipinski definition) is 3. The van der Waals surface area contributed by atoms with Crippen LogP contribution in [-0.4, -0.2) is 33.8 Å². The summed E-state index contributed by atoms with van der Waals surface area (Å²) in [5, 5.41) is 6.83. The van der Waals surface area contributed by atoms with Crippen LogP contribution in [0.4, 0.5) is 15.0 Å². The van der Waals surface area contributed by atoms with Gasteiger partial charge in [-0.2, -0.15) is 5.10 Å². The van der Waals surface area contributed by atoms with Crippen molar-refractivity contribution in [3.05, 3.63) is 57.1 Å². The van der Waals surface area contributed by atoms with E-state index in [9.17, 15) is 14.0 Å². The Balaban J connectivity index is 1.52. The quantitative estimate of drug-likeness (QED) is 0.892. The summed E-state index contributed by atoms with van der Waals surface area (Å²) in [6, 6.07) is 7.52. The van der Waals surface area contributed by atoms with Gasteiger partial charge in [0.25, 0.3) is 5.56 Å². The first kappa shape index (κ1) is 18.4. The Kier molecular flexibility index (Phi) is 5.56. The highest BCUT2D eigenvalue weighted by Gasteiger charge is 2.23. The molecule has 3 rings (SSSR count). The van der Waals surface area contributed by atoms with Crippen LogP contribution in [0, 0.1) is 11.7 Å². The van der Waals surface area contributed by atoms with Gasteiger partial charge in [0, 0.05) is 26.2 Å². The highest BCUT2D eigenvalue weighted by atomic mass is 35.5. The molecule has 0 radical (unpaired) electrons. The molecule has 1 aliphatic rings. The number of hydrogen-bond donors (Lipinski definition) is 1. The van der Waals surface area contributed by atoms with Gasteiger partial charge in [0.05, 0.1) is 5.02 Å². The highest BCUT2D eigenvalue weighted by Crippen LogP contribution is 2.24. The fourth-order valence-corrected chi connectivity index (χ4v) is 3.22. The van der Waals surface area contributed by atoms with E-state index in [0.29, 0.717) is 24.8 Å². The van der Waals surface area contributed by atoms with Crippen molar-refractivity contribution in [1.82, 2.24) is 14.7 Å². The van der Waals surface area contributed by atoms with Crippen LogP contribution in [-0.2, 0) is 13.5 Å². The standard InChI is InChI=1S/C18H20ClFN4O2/c1-23-17(25)5-4-16(22-23)21-18(26)24-8-6-12(7-9-24)10-13-2-3-14(19)15(20)11-13/h2-5,11-12H,6-10H2,1H3,(H,21,22,26). The number of rotatable bonds is 3. The van der Waals surface area contributed by atoms with Crippen LogP contribution in [0.5, 0.6) is 0 Å². The van der Waals surface area contributed by atoms with E-state index in [4.69, 9.17) is 11.6 Å². The van der Waals surface area contributed by atoms with Gasteiger partial charge in [0.2, 0.25) is 0 Å². The van der Waals surface area contributed by atoms with E-state index < -0.39 is 5.82 Å². The SMILES string of the molecule is Cn1nc(NC(=O)N2CCC(Cc3ccc(Cl)c(F)c3)CC2)ccc1=O. The Morgan fingerprint density at radius 2 is 2.04 bits per heavy atom. The summed E-state index contributed by atoms with van der Waals surface area (Å²) < 4.78 is 14.7. The monoisotopic (exact) mass is 378 g/mol. The second-order valence-electron chi connectivity index (χ2n) is 6.49. The third-order valence-corrected chi connectivity index (χ3v) is 4.91. The van der Waals surface area contributed by atoms with Crippen LogP contribution < -0.4 is 10.9 Å². The molecule has 0 aliphatic carbocycles. The molecule has 1 aromatic heterocycles. The number of aromatic nitrogens is 2. The number of nitrogens with zero attached hydrogens (tertiary/aromatic N) is 3. The summed E-state index contributed by atoms with van der Waals surface area (Å²) in [5.74, 6) is 0.344. The van der Waals surface area contributed by atoms with E-state index in [1.165, 1.54) is 29.9 Å². The van der Waals surface area contributed by atoms with Crippen molar-refractivity contribution < 1.29 is 9.18 Å². The van der Waals surface area contributed by atoms with Crippen LogP contribution in [0.25, 0.3) is 0 Å². The van der Waals surface area contributed by atoms with Crippen molar-refractivity contribution in [2.75, 3.05) is 18.4 Å². The maximum absolute atomic E-state index is 13.5. The molecule has 1 aliphatic heterocycles. The van der Waals surface area contributed by atoms with Crippen LogP contribution in [0.15, 0.2) is 35.1 Å². The summed E-state index contributed by atoms with van der Waals surface area (Å²) >= 11 is 5.71. The lowest BCUT2D eigenvalue weighted by Gasteiger charge is -2.32. The molecule has 138 valence electrons. The predicted molar refractivity (Wildman–Crippen MR) is 97.9 cm³/mol. The lowest BCUT2D eigenvalue weighted by atomic mass is 9.90. The maximum atomic E-state index is 13.5. The molecular formula is C18H20ClFN4O2. The number of benzene rings is 1. The molecule has 1 aromatic carbocycles. The Morgan fingerprint density at radius 3 is 2.69 bits per heavy atom. The first-order valence-corrected chi connectivity index (χ1v) is 8.84. The highest BCUT2D eigenvalue weighted by molar-refractivity contribution is 6.30. The van der Waals surface area contributed by atoms with Gasteiger partial charge in [-0.15, -0.1) is 0 Å². The molecule has 2 heterocycles. The number of anilines is 1. The molecule has 0 atom stereocenters. The smallest absolute Gasteiger partial charge is 0.323 e. The molecule has 2 amide bonds. The fourth-order valence-electron chi connectivity index (χ4n) is 3.10. The van der Waals surface area contributed by atoms with E-state index in [1.807, 2.05) is 6.07 Å². The van der Waals surface area contributed by atoms with Crippen molar-refractivity contribution in [1.29, 1.82) is 0 Å². The largest absolute Gasteiger partial charge is 0.324 e. The molecule has 1 saturated heterocycles. The van der Waals surface area contributed by atoms with E-state index in [2.05, 4.69) is 10.4 Å². The first-order valence-electron chi connectivity index (χ1n) is 8.46. The Morgan fingerprint density at radius 1 is 1.31 bits per heavy atom. The fraction of sp³-hybridized carbons (Fsp3) is 0.389. The summed E-state index contributed by atoms with van der Waals surface area (Å²) in [4.78, 5) is 25.4. The van der Waals surface area contributed by atoms with Gasteiger partial charge in [0.1, 0.15) is 5.82 Å². The second kappa shape index (κ2) is 7.86. The summed E-state index contributed by atoms with van der Waals surface area (Å²) in [5.41, 5.74) is 0.687. The molecule has 1 fully saturated rings. The van der Waals surface area contributed by atoms with Crippen LogP contribution >= 0.6 is 11.6 Å². The number of aryl methyl sites for hydroxylation is 1. The zero-order valence-electron chi connectivity index (χ0n) is 14.4. The van der Waals surface area contributed by atoms with E-state index in [0.717, 1.165) is 24.8 Å². The number of nitrogens with one attached hydrogen (secondary N) is 1. The molecule has 0 unspecified atom stereocenters. The maximum Gasteiger partial charge on any atom is 0.323 e. The molecule has 0 saturated carbocycles. The number of halogens is 2. The normalized spacial score (nSPS) is 15.1. The molecule has 1 N–H and O–H groups in total. The lowest BCUT2D eigenvalue weighted by Crippen LogP contribution is -2.41. The van der Waals surface area contributed by atoms with Crippen LogP contribution in [0.2, 0.25) is 5.02 Å². The van der Waals surface area contributed by atoms with Gasteiger partial charge in [0.15, 0.2) is 5.82 Å². The predicted octanol–water partition coefficient (Wildman–Crippen LogP) is 3.06. The Hall–Kier alpha value is -2.41. The van der Waals surface area contributed by atoms with Gasteiger partial charge in [-0.3, -0.25) is 10.1 Å². The minimum atomic E-state index is -0.397. The minimum Gasteiger partial charge on any atom is -0.324 e. The number of likely N-dealkylation sites (tertiary alicyclic amines) is 1. The van der Waals surface area contributed by atoms with Crippen LogP contribution in [0.3, 0.4) is 0 Å². The Bertz CT molecular complexity index is 863. The number of urea groups is 1. The van der Waals surface area contributed by atoms with Crippen molar-refractivity contribution in [2.24, 2.45) is 13.0 Å². The number of carbonyl (C=O) groups excluding carboxylic acids is 1. The van der Waals surface area contributed by atoms with Crippen molar-refractivity contribution in [3.63, 3.8) is 0 Å². The van der Waals surface area contributed by atoms with Gasteiger partial charge < -0.3 is 4.90 Å². The summed E-state index contributed by atoms with van der Waals surface area (Å²) in [6.45, 7) is 1.25. The molecule has 0 spiro atoms. The zero-order chi connectivity index (χ0) is 18.7. The van der Waals surface area contributed by atoms with Gasteiger partial charge >= 0.3 is 6.03 Å². The molecule has 0 bridgehead atoms. The number of amides is 2. The average molecular weight is 379 g/mol. The third-order valence-electron chi connectivity index (χ3n) is 4.61. The third kappa shape index (κ3) is 4.40. The summed E-state index contributed by atoms with van der Waals surface area (Å²) in [6.07, 6.45) is 2.46. The minimum absolute atomic E-state index is 0.132. The molecular weight excluding hydrogens is 359 g/mol. The van der Waals surface area contributed by atoms with E-state index >= 15 is 0 Å². The molecule has 2 aromatic rings. The molecule has 26 heavy (non-hydrogen) atoms. The Labute approximate surface area is 155 Å². The van der Waals surface area contributed by atoms with Crippen molar-refractivity contribution >= 4 is 23.4 Å².